The van der Waals surface area contributed by atoms with Crippen molar-refractivity contribution in [2.45, 2.75) is 32.7 Å². The maximum atomic E-state index is 5.50. The van der Waals surface area contributed by atoms with Crippen LogP contribution in [0.4, 0.5) is 0 Å². The molecular formula is C7H13BO. The SMILES string of the molecule is B[C@H]1CC(C)=C(CC)O1. The Balaban J connectivity index is 2.58. The first-order valence-corrected chi connectivity index (χ1v) is 3.59. The second-order valence-electron chi connectivity index (χ2n) is 2.69. The minimum atomic E-state index is 0.431. The van der Waals surface area contributed by atoms with Gasteiger partial charge in [-0.1, -0.05) is 6.92 Å². The van der Waals surface area contributed by atoms with Crippen LogP contribution in [0.25, 0.3) is 0 Å². The molecular weight excluding hydrogens is 111 g/mol. The van der Waals surface area contributed by atoms with Crippen molar-refractivity contribution in [1.82, 2.24) is 0 Å². The second kappa shape index (κ2) is 2.46. The summed E-state index contributed by atoms with van der Waals surface area (Å²) in [5.74, 6) is 1.21. The first-order valence-electron chi connectivity index (χ1n) is 3.59. The Hall–Kier alpha value is -0.395. The van der Waals surface area contributed by atoms with Crippen LogP contribution in [-0.4, -0.2) is 13.8 Å². The molecule has 1 rings (SSSR count). The molecule has 0 saturated heterocycles. The molecule has 0 spiro atoms. The summed E-state index contributed by atoms with van der Waals surface area (Å²) >= 11 is 0. The van der Waals surface area contributed by atoms with Crippen LogP contribution in [0.3, 0.4) is 0 Å². The van der Waals surface area contributed by atoms with Gasteiger partial charge in [-0.15, -0.1) is 0 Å². The van der Waals surface area contributed by atoms with Crippen LogP contribution >= 0.6 is 0 Å². The summed E-state index contributed by atoms with van der Waals surface area (Å²) in [6, 6.07) is 0.431. The molecule has 0 radical (unpaired) electrons. The van der Waals surface area contributed by atoms with E-state index in [1.807, 2.05) is 0 Å². The van der Waals surface area contributed by atoms with Crippen molar-refractivity contribution >= 4 is 7.85 Å². The largest absolute Gasteiger partial charge is 0.504 e. The third-order valence-corrected chi connectivity index (χ3v) is 1.73. The highest BCUT2D eigenvalue weighted by Crippen LogP contribution is 2.24. The summed E-state index contributed by atoms with van der Waals surface area (Å²) in [5.41, 5.74) is 1.44. The van der Waals surface area contributed by atoms with E-state index in [1.54, 1.807) is 0 Å². The molecule has 0 amide bonds. The molecule has 0 aromatic heterocycles. The summed E-state index contributed by atoms with van der Waals surface area (Å²) in [7, 11) is 2.12. The molecule has 0 aromatic rings. The van der Waals surface area contributed by atoms with E-state index in [0.29, 0.717) is 6.00 Å². The van der Waals surface area contributed by atoms with Gasteiger partial charge in [0.15, 0.2) is 7.85 Å². The molecule has 1 atom stereocenters. The second-order valence-corrected chi connectivity index (χ2v) is 2.69. The van der Waals surface area contributed by atoms with E-state index in [1.165, 1.54) is 11.3 Å². The summed E-state index contributed by atoms with van der Waals surface area (Å²) in [4.78, 5) is 0. The lowest BCUT2D eigenvalue weighted by Crippen LogP contribution is -2.03. The third kappa shape index (κ3) is 1.29. The van der Waals surface area contributed by atoms with Gasteiger partial charge in [-0.25, -0.2) is 0 Å². The van der Waals surface area contributed by atoms with Crippen LogP contribution in [0.5, 0.6) is 0 Å². The first-order chi connectivity index (χ1) is 4.24. The minimum absolute atomic E-state index is 0.431. The van der Waals surface area contributed by atoms with Gasteiger partial charge in [-0.05, 0) is 12.5 Å². The smallest absolute Gasteiger partial charge is 0.155 e. The highest BCUT2D eigenvalue weighted by molar-refractivity contribution is 6.11. The van der Waals surface area contributed by atoms with Crippen LogP contribution in [0.15, 0.2) is 11.3 Å². The first kappa shape index (κ1) is 6.72. The van der Waals surface area contributed by atoms with Gasteiger partial charge in [0.05, 0.1) is 11.8 Å². The van der Waals surface area contributed by atoms with E-state index in [2.05, 4.69) is 21.7 Å². The summed E-state index contributed by atoms with van der Waals surface area (Å²) in [5, 5.41) is 0. The Morgan fingerprint density at radius 3 is 2.67 bits per heavy atom. The third-order valence-electron chi connectivity index (χ3n) is 1.73. The van der Waals surface area contributed by atoms with Gasteiger partial charge in [0.25, 0.3) is 0 Å². The molecule has 0 fully saturated rings. The Morgan fingerprint density at radius 1 is 1.78 bits per heavy atom. The van der Waals surface area contributed by atoms with Crippen molar-refractivity contribution in [3.05, 3.63) is 11.3 Å². The van der Waals surface area contributed by atoms with Gasteiger partial charge < -0.3 is 4.74 Å². The molecule has 0 aliphatic carbocycles. The van der Waals surface area contributed by atoms with Crippen LogP contribution in [0.1, 0.15) is 26.7 Å². The Kier molecular flexibility index (Phi) is 1.84. The van der Waals surface area contributed by atoms with Crippen molar-refractivity contribution in [1.29, 1.82) is 0 Å². The molecule has 1 aliphatic heterocycles. The Morgan fingerprint density at radius 2 is 2.44 bits per heavy atom. The average Bonchev–Trinajstić information content (AvgIpc) is 2.10. The normalized spacial score (nSPS) is 26.7. The quantitative estimate of drug-likeness (QED) is 0.474. The Bertz CT molecular complexity index is 140. The lowest BCUT2D eigenvalue weighted by molar-refractivity contribution is 0.203. The highest BCUT2D eigenvalue weighted by Gasteiger charge is 2.16. The monoisotopic (exact) mass is 124 g/mol. The number of hydrogen-bond acceptors (Lipinski definition) is 1. The number of rotatable bonds is 1. The maximum absolute atomic E-state index is 5.50. The molecule has 0 bridgehead atoms. The molecule has 1 nitrogen and oxygen atoms in total. The molecule has 0 aromatic carbocycles. The maximum Gasteiger partial charge on any atom is 0.155 e. The predicted molar refractivity (Wildman–Crippen MR) is 41.0 cm³/mol. The van der Waals surface area contributed by atoms with Crippen molar-refractivity contribution in [3.8, 4) is 0 Å². The van der Waals surface area contributed by atoms with Crippen LogP contribution in [-0.2, 0) is 4.74 Å². The standard InChI is InChI=1S/C7H13BO/c1-3-6-5(2)4-7(8)9-6/h7H,3-4,8H2,1-2H3/t7-/m1/s1. The molecule has 0 N–H and O–H groups in total. The van der Waals surface area contributed by atoms with Gasteiger partial charge in [0, 0.05) is 12.8 Å². The van der Waals surface area contributed by atoms with Crippen molar-refractivity contribution < 1.29 is 4.74 Å². The summed E-state index contributed by atoms with van der Waals surface area (Å²) in [6.45, 7) is 4.29. The molecule has 2 heteroatoms. The lowest BCUT2D eigenvalue weighted by atomic mass is 9.95. The van der Waals surface area contributed by atoms with Crippen LogP contribution in [0, 0.1) is 0 Å². The van der Waals surface area contributed by atoms with Crippen LogP contribution < -0.4 is 0 Å². The van der Waals surface area contributed by atoms with E-state index in [-0.39, 0.29) is 0 Å². The van der Waals surface area contributed by atoms with E-state index >= 15 is 0 Å². The molecule has 50 valence electrons. The topological polar surface area (TPSA) is 9.23 Å². The fourth-order valence-electron chi connectivity index (χ4n) is 1.32. The molecule has 1 heterocycles. The zero-order chi connectivity index (χ0) is 6.85. The predicted octanol–water partition coefficient (Wildman–Crippen LogP) is 1.05. The molecule has 0 saturated carbocycles. The Labute approximate surface area is 57.5 Å². The fourth-order valence-corrected chi connectivity index (χ4v) is 1.32. The highest BCUT2D eigenvalue weighted by atomic mass is 16.5. The molecule has 1 aliphatic rings. The van der Waals surface area contributed by atoms with Gasteiger partial charge in [0.2, 0.25) is 0 Å². The van der Waals surface area contributed by atoms with Gasteiger partial charge in [-0.2, -0.15) is 0 Å². The number of allylic oxidation sites excluding steroid dienone is 1. The molecule has 0 unspecified atom stereocenters. The van der Waals surface area contributed by atoms with Crippen molar-refractivity contribution in [3.63, 3.8) is 0 Å². The lowest BCUT2D eigenvalue weighted by Gasteiger charge is -2.04. The van der Waals surface area contributed by atoms with Gasteiger partial charge in [-0.3, -0.25) is 0 Å². The summed E-state index contributed by atoms with van der Waals surface area (Å²) in [6.07, 6.45) is 2.18. The average molecular weight is 124 g/mol. The number of ether oxygens (including phenoxy) is 1. The van der Waals surface area contributed by atoms with E-state index in [9.17, 15) is 0 Å². The van der Waals surface area contributed by atoms with Crippen molar-refractivity contribution in [2.24, 2.45) is 0 Å². The molecule has 9 heavy (non-hydrogen) atoms. The van der Waals surface area contributed by atoms with E-state index in [4.69, 9.17) is 4.74 Å². The zero-order valence-electron chi connectivity index (χ0n) is 6.40. The van der Waals surface area contributed by atoms with Crippen LogP contribution in [0.2, 0.25) is 0 Å². The summed E-state index contributed by atoms with van der Waals surface area (Å²) < 4.78 is 5.50. The van der Waals surface area contributed by atoms with Gasteiger partial charge in [0.1, 0.15) is 0 Å². The fraction of sp³-hybridized carbons (Fsp3) is 0.714. The minimum Gasteiger partial charge on any atom is -0.504 e. The number of hydrogen-bond donors (Lipinski definition) is 0. The van der Waals surface area contributed by atoms with Crippen molar-refractivity contribution in [2.75, 3.05) is 0 Å². The van der Waals surface area contributed by atoms with E-state index < -0.39 is 0 Å². The van der Waals surface area contributed by atoms with E-state index in [0.717, 1.165) is 12.8 Å². The van der Waals surface area contributed by atoms with Gasteiger partial charge >= 0.3 is 0 Å². The zero-order valence-corrected chi connectivity index (χ0v) is 6.40.